The Morgan fingerprint density at radius 2 is 1.44 bits per heavy atom. The maximum atomic E-state index is 5.69. The van der Waals surface area contributed by atoms with Gasteiger partial charge >= 0.3 is 0 Å². The van der Waals surface area contributed by atoms with E-state index in [1.807, 2.05) is 0 Å². The first-order valence-electron chi connectivity index (χ1n) is 6.93. The van der Waals surface area contributed by atoms with Crippen LogP contribution < -0.4 is 0 Å². The number of rotatable bonds is 8. The summed E-state index contributed by atoms with van der Waals surface area (Å²) in [6, 6.07) is 0. The molecule has 1 heteroatoms. The highest BCUT2D eigenvalue weighted by Gasteiger charge is 2.14. The normalized spacial score (nSPS) is 16.1. The second-order valence-electron chi connectivity index (χ2n) is 6.57. The second kappa shape index (κ2) is 8.11. The molecule has 0 rings (SSSR count). The van der Waals surface area contributed by atoms with E-state index in [1.165, 1.54) is 25.7 Å². The molecule has 1 nitrogen and oxygen atoms in total. The summed E-state index contributed by atoms with van der Waals surface area (Å²) < 4.78 is 5.69. The maximum absolute atomic E-state index is 5.69. The second-order valence-corrected chi connectivity index (χ2v) is 6.57. The fourth-order valence-electron chi connectivity index (χ4n) is 2.02. The van der Waals surface area contributed by atoms with Crippen molar-refractivity contribution in [3.05, 3.63) is 0 Å². The average molecular weight is 228 g/mol. The number of hydrogen-bond acceptors (Lipinski definition) is 1. The zero-order valence-corrected chi connectivity index (χ0v) is 12.3. The molecule has 0 saturated heterocycles. The van der Waals surface area contributed by atoms with Crippen molar-refractivity contribution in [1.82, 2.24) is 0 Å². The van der Waals surface area contributed by atoms with Gasteiger partial charge in [-0.3, -0.25) is 0 Å². The zero-order valence-electron chi connectivity index (χ0n) is 12.3. The fraction of sp³-hybridized carbons (Fsp3) is 1.00. The quantitative estimate of drug-likeness (QED) is 0.537. The number of hydrogen-bond donors (Lipinski definition) is 0. The molecule has 0 N–H and O–H groups in total. The van der Waals surface area contributed by atoms with Crippen LogP contribution in [0, 0.1) is 17.3 Å². The predicted molar refractivity (Wildman–Crippen MR) is 72.7 cm³/mol. The first kappa shape index (κ1) is 16.0. The minimum absolute atomic E-state index is 0.455. The minimum atomic E-state index is 0.455. The van der Waals surface area contributed by atoms with Gasteiger partial charge in [0.05, 0.1) is 0 Å². The Morgan fingerprint density at radius 3 is 1.88 bits per heavy atom. The third-order valence-electron chi connectivity index (χ3n) is 3.17. The van der Waals surface area contributed by atoms with Crippen LogP contribution >= 0.6 is 0 Å². The highest BCUT2D eigenvalue weighted by molar-refractivity contribution is 4.66. The van der Waals surface area contributed by atoms with E-state index in [1.54, 1.807) is 0 Å². The van der Waals surface area contributed by atoms with Crippen molar-refractivity contribution < 1.29 is 4.74 Å². The Morgan fingerprint density at radius 1 is 0.938 bits per heavy atom. The van der Waals surface area contributed by atoms with E-state index >= 15 is 0 Å². The van der Waals surface area contributed by atoms with E-state index in [4.69, 9.17) is 4.74 Å². The van der Waals surface area contributed by atoms with E-state index in [2.05, 4.69) is 41.5 Å². The standard InChI is InChI=1S/C15H32O/c1-7-13(2)8-10-16-11-9-14(3)12-15(4,5)6/h13-14H,7-12H2,1-6H3. The first-order valence-corrected chi connectivity index (χ1v) is 6.93. The fourth-order valence-corrected chi connectivity index (χ4v) is 2.02. The molecule has 0 aliphatic carbocycles. The lowest BCUT2D eigenvalue weighted by atomic mass is 9.84. The van der Waals surface area contributed by atoms with Gasteiger partial charge in [0.15, 0.2) is 0 Å². The van der Waals surface area contributed by atoms with E-state index in [-0.39, 0.29) is 0 Å². The summed E-state index contributed by atoms with van der Waals surface area (Å²) in [4.78, 5) is 0. The third kappa shape index (κ3) is 10.5. The van der Waals surface area contributed by atoms with Gasteiger partial charge in [-0.05, 0) is 36.5 Å². The van der Waals surface area contributed by atoms with Crippen molar-refractivity contribution in [3.63, 3.8) is 0 Å². The monoisotopic (exact) mass is 228 g/mol. The number of ether oxygens (including phenoxy) is 1. The lowest BCUT2D eigenvalue weighted by Crippen LogP contribution is -2.13. The molecular weight excluding hydrogens is 196 g/mol. The van der Waals surface area contributed by atoms with E-state index in [0.717, 1.165) is 25.0 Å². The van der Waals surface area contributed by atoms with Crippen molar-refractivity contribution in [2.45, 2.75) is 67.2 Å². The topological polar surface area (TPSA) is 9.23 Å². The van der Waals surface area contributed by atoms with Gasteiger partial charge in [-0.2, -0.15) is 0 Å². The van der Waals surface area contributed by atoms with Crippen LogP contribution in [0.1, 0.15) is 67.2 Å². The van der Waals surface area contributed by atoms with Crippen LogP contribution in [0.2, 0.25) is 0 Å². The molecule has 0 aliphatic heterocycles. The molecule has 0 fully saturated rings. The van der Waals surface area contributed by atoms with Crippen molar-refractivity contribution >= 4 is 0 Å². The largest absolute Gasteiger partial charge is 0.381 e. The van der Waals surface area contributed by atoms with Gasteiger partial charge in [0.2, 0.25) is 0 Å². The van der Waals surface area contributed by atoms with Crippen LogP contribution in [0.5, 0.6) is 0 Å². The molecule has 0 amide bonds. The van der Waals surface area contributed by atoms with Crippen LogP contribution in [0.3, 0.4) is 0 Å². The van der Waals surface area contributed by atoms with E-state index in [0.29, 0.717) is 5.41 Å². The van der Waals surface area contributed by atoms with Crippen LogP contribution in [0.25, 0.3) is 0 Å². The Kier molecular flexibility index (Phi) is 8.09. The summed E-state index contributed by atoms with van der Waals surface area (Å²) in [5.74, 6) is 1.59. The molecule has 0 spiro atoms. The van der Waals surface area contributed by atoms with Crippen LogP contribution in [0.4, 0.5) is 0 Å². The molecular formula is C15H32O. The summed E-state index contributed by atoms with van der Waals surface area (Å²) in [7, 11) is 0. The Balaban J connectivity index is 3.38. The first-order chi connectivity index (χ1) is 7.35. The molecule has 0 heterocycles. The lowest BCUT2D eigenvalue weighted by Gasteiger charge is -2.23. The SMILES string of the molecule is CCC(C)CCOCCC(C)CC(C)(C)C. The van der Waals surface area contributed by atoms with E-state index < -0.39 is 0 Å². The molecule has 0 aromatic rings. The summed E-state index contributed by atoms with van der Waals surface area (Å²) in [6.07, 6.45) is 4.98. The van der Waals surface area contributed by atoms with Gasteiger partial charge in [-0.25, -0.2) is 0 Å². The Hall–Kier alpha value is -0.0400. The van der Waals surface area contributed by atoms with Crippen LogP contribution in [-0.2, 0) is 4.74 Å². The highest BCUT2D eigenvalue weighted by Crippen LogP contribution is 2.25. The zero-order chi connectivity index (χ0) is 12.6. The van der Waals surface area contributed by atoms with Crippen LogP contribution in [0.15, 0.2) is 0 Å². The molecule has 98 valence electrons. The molecule has 2 unspecified atom stereocenters. The molecule has 0 aromatic carbocycles. The molecule has 0 radical (unpaired) electrons. The van der Waals surface area contributed by atoms with Gasteiger partial charge < -0.3 is 4.74 Å². The molecule has 0 saturated carbocycles. The van der Waals surface area contributed by atoms with Crippen molar-refractivity contribution in [1.29, 1.82) is 0 Å². The summed E-state index contributed by atoms with van der Waals surface area (Å²) in [5.41, 5.74) is 0.455. The van der Waals surface area contributed by atoms with Gasteiger partial charge in [-0.15, -0.1) is 0 Å². The van der Waals surface area contributed by atoms with Gasteiger partial charge in [0.25, 0.3) is 0 Å². The Bertz CT molecular complexity index is 157. The van der Waals surface area contributed by atoms with Crippen molar-refractivity contribution in [2.24, 2.45) is 17.3 Å². The Labute approximate surface area is 103 Å². The third-order valence-corrected chi connectivity index (χ3v) is 3.17. The summed E-state index contributed by atoms with van der Waals surface area (Å²) in [6.45, 7) is 15.7. The van der Waals surface area contributed by atoms with Gasteiger partial charge in [0, 0.05) is 13.2 Å². The average Bonchev–Trinajstić information content (AvgIpc) is 2.14. The molecule has 2 atom stereocenters. The molecule has 16 heavy (non-hydrogen) atoms. The van der Waals surface area contributed by atoms with Gasteiger partial charge in [0.1, 0.15) is 0 Å². The van der Waals surface area contributed by atoms with Crippen LogP contribution in [-0.4, -0.2) is 13.2 Å². The molecule has 0 aliphatic rings. The summed E-state index contributed by atoms with van der Waals surface area (Å²) in [5, 5.41) is 0. The van der Waals surface area contributed by atoms with Crippen molar-refractivity contribution in [2.75, 3.05) is 13.2 Å². The molecule has 0 bridgehead atoms. The predicted octanol–water partition coefficient (Wildman–Crippen LogP) is 4.90. The summed E-state index contributed by atoms with van der Waals surface area (Å²) >= 11 is 0. The van der Waals surface area contributed by atoms with E-state index in [9.17, 15) is 0 Å². The smallest absolute Gasteiger partial charge is 0.0468 e. The lowest BCUT2D eigenvalue weighted by molar-refractivity contribution is 0.105. The minimum Gasteiger partial charge on any atom is -0.381 e. The van der Waals surface area contributed by atoms with Crippen molar-refractivity contribution in [3.8, 4) is 0 Å². The maximum Gasteiger partial charge on any atom is 0.0468 e. The highest BCUT2D eigenvalue weighted by atomic mass is 16.5. The molecule has 0 aromatic heterocycles. The van der Waals surface area contributed by atoms with Gasteiger partial charge in [-0.1, -0.05) is 48.0 Å².